The molecule has 0 aliphatic heterocycles. The molecule has 0 heterocycles. The van der Waals surface area contributed by atoms with Gasteiger partial charge in [0.2, 0.25) is 0 Å². The molecule has 1 aromatic rings. The third-order valence-electron chi connectivity index (χ3n) is 6.89. The molecule has 2 heteroatoms. The first kappa shape index (κ1) is 11.8. The summed E-state index contributed by atoms with van der Waals surface area (Å²) in [6.07, 6.45) is 3.68. The van der Waals surface area contributed by atoms with Crippen LogP contribution in [0, 0.1) is 35.0 Å². The van der Waals surface area contributed by atoms with Crippen molar-refractivity contribution in [2.24, 2.45) is 35.0 Å². The second-order valence-corrected chi connectivity index (χ2v) is 7.40. The van der Waals surface area contributed by atoms with Crippen LogP contribution in [0.25, 0.3) is 0 Å². The standard InChI is InChI=1S/C18H22O2/c19-16-7-6-14-13(17-12-8-15(12)18(14,16)17)10-20-9-11-4-2-1-3-5-11/h1-5,12-17,19H,6-10H2/t12-,13-,14-,15+,16+,17-,18?/m0/s1. The lowest BCUT2D eigenvalue weighted by Gasteiger charge is -2.67. The predicted molar refractivity (Wildman–Crippen MR) is 75.8 cm³/mol. The van der Waals surface area contributed by atoms with Gasteiger partial charge in [-0.1, -0.05) is 30.3 Å². The Bertz CT molecular complexity index is 519. The fraction of sp³-hybridized carbons (Fsp3) is 0.667. The predicted octanol–water partition coefficient (Wildman–Crippen LogP) is 2.86. The number of fused-ring (bicyclic) bond motifs is 2. The number of aliphatic hydroxyl groups excluding tert-OH is 1. The van der Waals surface area contributed by atoms with Gasteiger partial charge in [0.15, 0.2) is 0 Å². The lowest BCUT2D eigenvalue weighted by molar-refractivity contribution is -0.246. The van der Waals surface area contributed by atoms with Crippen LogP contribution in [0.1, 0.15) is 24.8 Å². The number of ether oxygens (including phenoxy) is 1. The normalized spacial score (nSPS) is 50.5. The number of hydrogen-bond donors (Lipinski definition) is 1. The van der Waals surface area contributed by atoms with E-state index in [2.05, 4.69) is 24.3 Å². The van der Waals surface area contributed by atoms with Gasteiger partial charge in [-0.3, -0.25) is 0 Å². The zero-order valence-corrected chi connectivity index (χ0v) is 11.7. The number of aliphatic hydroxyl groups is 1. The molecule has 7 atom stereocenters. The first-order chi connectivity index (χ1) is 9.83. The van der Waals surface area contributed by atoms with Crippen LogP contribution in [0.2, 0.25) is 0 Å². The summed E-state index contributed by atoms with van der Waals surface area (Å²) >= 11 is 0. The lowest BCUT2D eigenvalue weighted by Crippen LogP contribution is -2.67. The Kier molecular flexibility index (Phi) is 2.27. The minimum Gasteiger partial charge on any atom is -0.393 e. The van der Waals surface area contributed by atoms with Crippen molar-refractivity contribution >= 4 is 0 Å². The number of benzene rings is 1. The van der Waals surface area contributed by atoms with Gasteiger partial charge in [0.25, 0.3) is 0 Å². The van der Waals surface area contributed by atoms with E-state index in [9.17, 15) is 5.11 Å². The summed E-state index contributed by atoms with van der Waals surface area (Å²) in [6.45, 7) is 1.64. The topological polar surface area (TPSA) is 29.5 Å². The summed E-state index contributed by atoms with van der Waals surface area (Å²) in [5, 5.41) is 10.4. The second kappa shape index (κ2) is 3.86. The van der Waals surface area contributed by atoms with Crippen molar-refractivity contribution < 1.29 is 9.84 Å². The van der Waals surface area contributed by atoms with E-state index in [0.29, 0.717) is 5.41 Å². The molecule has 0 radical (unpaired) electrons. The molecule has 4 saturated carbocycles. The Balaban J connectivity index is 1.24. The van der Waals surface area contributed by atoms with Crippen molar-refractivity contribution in [2.75, 3.05) is 6.61 Å². The van der Waals surface area contributed by atoms with E-state index in [1.54, 1.807) is 0 Å². The Morgan fingerprint density at radius 2 is 2.00 bits per heavy atom. The van der Waals surface area contributed by atoms with Crippen LogP contribution in [-0.4, -0.2) is 17.8 Å². The highest BCUT2D eigenvalue weighted by molar-refractivity contribution is 5.32. The maximum Gasteiger partial charge on any atom is 0.0717 e. The maximum atomic E-state index is 10.4. The SMILES string of the molecule is O[C@@H]1CC[C@H]2[C@H](COCc3ccccc3)[C@@H]3[C@H]4C[C@H]4C312. The molecule has 4 aliphatic carbocycles. The number of rotatable bonds is 4. The van der Waals surface area contributed by atoms with Crippen molar-refractivity contribution in [1.29, 1.82) is 0 Å². The molecule has 0 aromatic heterocycles. The molecule has 5 rings (SSSR count). The molecule has 1 spiro atoms. The van der Waals surface area contributed by atoms with Crippen molar-refractivity contribution in [1.82, 2.24) is 0 Å². The Hall–Kier alpha value is -0.860. The van der Waals surface area contributed by atoms with Gasteiger partial charge in [0.05, 0.1) is 19.3 Å². The molecule has 2 nitrogen and oxygen atoms in total. The highest BCUT2D eigenvalue weighted by Crippen LogP contribution is 2.87. The van der Waals surface area contributed by atoms with Crippen LogP contribution < -0.4 is 0 Å². The van der Waals surface area contributed by atoms with Gasteiger partial charge in [0, 0.05) is 5.41 Å². The van der Waals surface area contributed by atoms with Gasteiger partial charge < -0.3 is 9.84 Å². The Morgan fingerprint density at radius 3 is 2.85 bits per heavy atom. The molecule has 4 fully saturated rings. The number of hydrogen-bond acceptors (Lipinski definition) is 2. The molecule has 1 aromatic carbocycles. The molecule has 4 aliphatic rings. The van der Waals surface area contributed by atoms with Crippen LogP contribution in [0.15, 0.2) is 30.3 Å². The highest BCUT2D eigenvalue weighted by Gasteiger charge is 2.85. The fourth-order valence-corrected chi connectivity index (χ4v) is 6.27. The van der Waals surface area contributed by atoms with Crippen LogP contribution in [-0.2, 0) is 11.3 Å². The van der Waals surface area contributed by atoms with Crippen LogP contribution in [0.5, 0.6) is 0 Å². The van der Waals surface area contributed by atoms with E-state index in [-0.39, 0.29) is 6.10 Å². The highest BCUT2D eigenvalue weighted by atomic mass is 16.5. The van der Waals surface area contributed by atoms with Gasteiger partial charge in [-0.2, -0.15) is 0 Å². The first-order valence-electron chi connectivity index (χ1n) is 8.13. The summed E-state index contributed by atoms with van der Waals surface area (Å²) < 4.78 is 6.00. The van der Waals surface area contributed by atoms with E-state index in [1.807, 2.05) is 6.07 Å². The van der Waals surface area contributed by atoms with Crippen LogP contribution >= 0.6 is 0 Å². The summed E-state index contributed by atoms with van der Waals surface area (Å²) in [6, 6.07) is 10.4. The smallest absolute Gasteiger partial charge is 0.0717 e. The Morgan fingerprint density at radius 1 is 1.15 bits per heavy atom. The summed E-state index contributed by atoms with van der Waals surface area (Å²) in [5.74, 6) is 4.14. The van der Waals surface area contributed by atoms with Crippen LogP contribution in [0.4, 0.5) is 0 Å². The zero-order valence-electron chi connectivity index (χ0n) is 11.7. The van der Waals surface area contributed by atoms with Crippen molar-refractivity contribution in [3.05, 3.63) is 35.9 Å². The average Bonchev–Trinajstić information content (AvgIpc) is 3.07. The van der Waals surface area contributed by atoms with E-state index >= 15 is 0 Å². The van der Waals surface area contributed by atoms with Crippen molar-refractivity contribution in [3.8, 4) is 0 Å². The maximum absolute atomic E-state index is 10.4. The van der Waals surface area contributed by atoms with E-state index in [0.717, 1.165) is 49.2 Å². The average molecular weight is 270 g/mol. The first-order valence-corrected chi connectivity index (χ1v) is 8.13. The van der Waals surface area contributed by atoms with E-state index in [4.69, 9.17) is 4.74 Å². The van der Waals surface area contributed by atoms with Crippen molar-refractivity contribution in [2.45, 2.75) is 32.0 Å². The lowest BCUT2D eigenvalue weighted by atomic mass is 9.38. The van der Waals surface area contributed by atoms with Gasteiger partial charge in [-0.15, -0.1) is 0 Å². The summed E-state index contributed by atoms with van der Waals surface area (Å²) in [5.41, 5.74) is 1.63. The summed E-state index contributed by atoms with van der Waals surface area (Å²) in [7, 11) is 0. The van der Waals surface area contributed by atoms with Gasteiger partial charge in [0.1, 0.15) is 0 Å². The molecular formula is C18H22O2. The largest absolute Gasteiger partial charge is 0.393 e. The Labute approximate surface area is 120 Å². The third kappa shape index (κ3) is 1.23. The fourth-order valence-electron chi connectivity index (χ4n) is 6.27. The molecule has 1 N–H and O–H groups in total. The molecule has 20 heavy (non-hydrogen) atoms. The zero-order chi connectivity index (χ0) is 13.3. The molecule has 1 unspecified atom stereocenters. The van der Waals surface area contributed by atoms with Gasteiger partial charge >= 0.3 is 0 Å². The minimum absolute atomic E-state index is 0.00613. The van der Waals surface area contributed by atoms with E-state index in [1.165, 1.54) is 18.4 Å². The minimum atomic E-state index is 0.00613. The van der Waals surface area contributed by atoms with Crippen LogP contribution in [0.3, 0.4) is 0 Å². The van der Waals surface area contributed by atoms with E-state index < -0.39 is 0 Å². The third-order valence-corrected chi connectivity index (χ3v) is 6.89. The second-order valence-electron chi connectivity index (χ2n) is 7.40. The summed E-state index contributed by atoms with van der Waals surface area (Å²) in [4.78, 5) is 0. The molecule has 0 amide bonds. The molecule has 0 bridgehead atoms. The van der Waals surface area contributed by atoms with Crippen molar-refractivity contribution in [3.63, 3.8) is 0 Å². The quantitative estimate of drug-likeness (QED) is 0.911. The molecule has 106 valence electrons. The molecular weight excluding hydrogens is 248 g/mol. The van der Waals surface area contributed by atoms with Gasteiger partial charge in [-0.05, 0) is 54.4 Å². The van der Waals surface area contributed by atoms with Gasteiger partial charge in [-0.25, -0.2) is 0 Å². The monoisotopic (exact) mass is 270 g/mol. The molecule has 0 saturated heterocycles.